The van der Waals surface area contributed by atoms with E-state index < -0.39 is 10.0 Å². The number of carbonyl (C=O) groups is 1. The fraction of sp³-hybridized carbons (Fsp3) is 0.0769. The van der Waals surface area contributed by atoms with E-state index in [2.05, 4.69) is 10.3 Å². The number of nitrogens with one attached hydrogen (secondary N) is 1. The van der Waals surface area contributed by atoms with Crippen LogP contribution < -0.4 is 9.79 Å². The van der Waals surface area contributed by atoms with Gasteiger partial charge in [0, 0.05) is 18.8 Å². The molecule has 0 aliphatic carbocycles. The van der Waals surface area contributed by atoms with Crippen molar-refractivity contribution in [1.82, 2.24) is 4.98 Å². The van der Waals surface area contributed by atoms with Gasteiger partial charge in [0.15, 0.2) is 5.82 Å². The van der Waals surface area contributed by atoms with Gasteiger partial charge in [-0.2, -0.15) is 8.42 Å². The Morgan fingerprint density at radius 1 is 1.19 bits per heavy atom. The van der Waals surface area contributed by atoms with E-state index in [1.807, 2.05) is 0 Å². The molecule has 110 valence electrons. The first-order chi connectivity index (χ1) is 9.91. The third kappa shape index (κ3) is 3.36. The molecule has 0 bridgehead atoms. The second kappa shape index (κ2) is 5.90. The first-order valence-corrected chi connectivity index (χ1v) is 7.38. The Morgan fingerprint density at radius 2 is 1.86 bits per heavy atom. The Balaban J connectivity index is 2.29. The number of amides is 1. The van der Waals surface area contributed by atoms with Crippen molar-refractivity contribution in [3.05, 3.63) is 48.7 Å². The second-order valence-electron chi connectivity index (χ2n) is 4.14. The lowest BCUT2D eigenvalue weighted by molar-refractivity contribution is -0.114. The third-order valence-corrected chi connectivity index (χ3v) is 4.06. The highest BCUT2D eigenvalue weighted by molar-refractivity contribution is 7.92. The number of pyridine rings is 1. The number of hydrogen-bond acceptors (Lipinski definition) is 5. The largest absolute Gasteiger partial charge is 0.326 e. The number of nitrogens with zero attached hydrogens (tertiary/aromatic N) is 2. The predicted molar refractivity (Wildman–Crippen MR) is 76.4 cm³/mol. The van der Waals surface area contributed by atoms with Crippen molar-refractivity contribution in [2.75, 3.05) is 9.79 Å². The first kappa shape index (κ1) is 14.9. The minimum absolute atomic E-state index is 0.108. The molecule has 1 amide bonds. The minimum atomic E-state index is -4.12. The highest BCUT2D eigenvalue weighted by atomic mass is 32.2. The van der Waals surface area contributed by atoms with Crippen LogP contribution in [0.3, 0.4) is 0 Å². The molecule has 2 aromatic rings. The zero-order chi connectivity index (χ0) is 15.5. The minimum Gasteiger partial charge on any atom is -0.326 e. The highest BCUT2D eigenvalue weighted by Gasteiger charge is 2.24. The van der Waals surface area contributed by atoms with E-state index in [-0.39, 0.29) is 21.1 Å². The molecule has 2 N–H and O–H groups in total. The number of rotatable bonds is 4. The summed E-state index contributed by atoms with van der Waals surface area (Å²) in [5, 5.41) is 12.4. The van der Waals surface area contributed by atoms with Crippen LogP contribution in [-0.2, 0) is 14.8 Å². The van der Waals surface area contributed by atoms with E-state index >= 15 is 0 Å². The summed E-state index contributed by atoms with van der Waals surface area (Å²) < 4.78 is 24.5. The van der Waals surface area contributed by atoms with Gasteiger partial charge in [0.05, 0.1) is 4.90 Å². The summed E-state index contributed by atoms with van der Waals surface area (Å²) in [7, 11) is -4.12. The fourth-order valence-corrected chi connectivity index (χ4v) is 2.64. The summed E-state index contributed by atoms with van der Waals surface area (Å²) in [4.78, 5) is 14.5. The Labute approximate surface area is 121 Å². The number of carbonyl (C=O) groups excluding carboxylic acids is 1. The van der Waals surface area contributed by atoms with Crippen molar-refractivity contribution < 1.29 is 18.4 Å². The summed E-state index contributed by atoms with van der Waals surface area (Å²) in [5.74, 6) is -0.369. The van der Waals surface area contributed by atoms with Crippen LogP contribution in [0.5, 0.6) is 0 Å². The van der Waals surface area contributed by atoms with Gasteiger partial charge in [-0.15, -0.1) is 4.47 Å². The van der Waals surface area contributed by atoms with Gasteiger partial charge in [0.2, 0.25) is 5.91 Å². The van der Waals surface area contributed by atoms with E-state index in [1.165, 1.54) is 43.5 Å². The van der Waals surface area contributed by atoms with Crippen molar-refractivity contribution in [2.24, 2.45) is 0 Å². The molecule has 1 heterocycles. The number of sulfonamides is 1. The van der Waals surface area contributed by atoms with Crippen LogP contribution in [-0.4, -0.2) is 24.5 Å². The van der Waals surface area contributed by atoms with Crippen LogP contribution in [0.2, 0.25) is 0 Å². The first-order valence-electron chi connectivity index (χ1n) is 5.94. The van der Waals surface area contributed by atoms with Crippen LogP contribution in [0.25, 0.3) is 0 Å². The van der Waals surface area contributed by atoms with Gasteiger partial charge in [-0.25, -0.2) is 4.98 Å². The molecule has 21 heavy (non-hydrogen) atoms. The molecular weight excluding hydrogens is 294 g/mol. The summed E-state index contributed by atoms with van der Waals surface area (Å²) in [6.07, 6.45) is 1.37. The van der Waals surface area contributed by atoms with Crippen molar-refractivity contribution in [1.29, 1.82) is 0 Å². The normalized spacial score (nSPS) is 11.0. The van der Waals surface area contributed by atoms with Crippen LogP contribution >= 0.6 is 0 Å². The monoisotopic (exact) mass is 307 g/mol. The van der Waals surface area contributed by atoms with Gasteiger partial charge in [-0.05, 0) is 36.4 Å². The van der Waals surface area contributed by atoms with Crippen molar-refractivity contribution in [3.63, 3.8) is 0 Å². The molecule has 0 aliphatic rings. The standard InChI is InChI=1S/C13H13N3O4S/c1-10(17)15-11-5-7-12(8-6-11)21(19,20)16(18)13-4-2-3-9-14-13/h2-9,18H,1H3,(H,15,17). The second-order valence-corrected chi connectivity index (χ2v) is 5.91. The summed E-state index contributed by atoms with van der Waals surface area (Å²) in [6.45, 7) is 1.35. The average Bonchev–Trinajstić information content (AvgIpc) is 2.47. The van der Waals surface area contributed by atoms with E-state index in [0.29, 0.717) is 5.69 Å². The fourth-order valence-electron chi connectivity index (χ4n) is 1.60. The molecule has 2 rings (SSSR count). The summed E-state index contributed by atoms with van der Waals surface area (Å²) >= 11 is 0. The Bertz CT molecular complexity index is 730. The highest BCUT2D eigenvalue weighted by Crippen LogP contribution is 2.21. The number of benzene rings is 1. The maximum atomic E-state index is 12.2. The smallest absolute Gasteiger partial charge is 0.287 e. The number of anilines is 2. The Hall–Kier alpha value is -2.45. The molecule has 0 fully saturated rings. The van der Waals surface area contributed by atoms with Crippen LogP contribution in [0.15, 0.2) is 53.6 Å². The van der Waals surface area contributed by atoms with Gasteiger partial charge < -0.3 is 5.32 Å². The lowest BCUT2D eigenvalue weighted by atomic mass is 10.3. The molecule has 1 aromatic carbocycles. The SMILES string of the molecule is CC(=O)Nc1ccc(S(=O)(=O)N(O)c2ccccn2)cc1. The Morgan fingerprint density at radius 3 is 2.38 bits per heavy atom. The number of aromatic nitrogens is 1. The molecule has 0 atom stereocenters. The zero-order valence-electron chi connectivity index (χ0n) is 11.1. The molecule has 0 aliphatic heterocycles. The van der Waals surface area contributed by atoms with E-state index in [9.17, 15) is 18.4 Å². The molecule has 0 spiro atoms. The topological polar surface area (TPSA) is 99.6 Å². The van der Waals surface area contributed by atoms with E-state index in [4.69, 9.17) is 0 Å². The van der Waals surface area contributed by atoms with Crippen molar-refractivity contribution >= 4 is 27.4 Å². The summed E-state index contributed by atoms with van der Waals surface area (Å²) in [5.41, 5.74) is 0.462. The van der Waals surface area contributed by atoms with Crippen LogP contribution in [0.1, 0.15) is 6.92 Å². The molecule has 8 heteroatoms. The predicted octanol–water partition coefficient (Wildman–Crippen LogP) is 1.62. The molecule has 0 saturated heterocycles. The molecule has 0 radical (unpaired) electrons. The quantitative estimate of drug-likeness (QED) is 0.836. The molecule has 0 unspecified atom stereocenters. The lowest BCUT2D eigenvalue weighted by Gasteiger charge is -2.16. The molecule has 1 aromatic heterocycles. The third-order valence-electron chi connectivity index (χ3n) is 2.55. The van der Waals surface area contributed by atoms with Gasteiger partial charge in [0.25, 0.3) is 10.0 Å². The van der Waals surface area contributed by atoms with Crippen LogP contribution in [0.4, 0.5) is 11.5 Å². The maximum absolute atomic E-state index is 12.2. The van der Waals surface area contributed by atoms with E-state index in [1.54, 1.807) is 12.1 Å². The molecule has 7 nitrogen and oxygen atoms in total. The van der Waals surface area contributed by atoms with Gasteiger partial charge in [0.1, 0.15) is 0 Å². The maximum Gasteiger partial charge on any atom is 0.287 e. The molecule has 0 saturated carbocycles. The van der Waals surface area contributed by atoms with Crippen LogP contribution in [0, 0.1) is 0 Å². The van der Waals surface area contributed by atoms with E-state index in [0.717, 1.165) is 0 Å². The zero-order valence-corrected chi connectivity index (χ0v) is 11.9. The number of hydrogen-bond donors (Lipinski definition) is 2. The van der Waals surface area contributed by atoms with Crippen molar-refractivity contribution in [2.45, 2.75) is 11.8 Å². The summed E-state index contributed by atoms with van der Waals surface area (Å²) in [6, 6.07) is 9.96. The molecular formula is C13H13N3O4S. The van der Waals surface area contributed by atoms with Gasteiger partial charge >= 0.3 is 0 Å². The Kier molecular flexibility index (Phi) is 4.20. The van der Waals surface area contributed by atoms with Gasteiger partial charge in [-0.1, -0.05) is 6.07 Å². The average molecular weight is 307 g/mol. The van der Waals surface area contributed by atoms with Gasteiger partial charge in [-0.3, -0.25) is 10.0 Å². The van der Waals surface area contributed by atoms with Crippen molar-refractivity contribution in [3.8, 4) is 0 Å². The lowest BCUT2D eigenvalue weighted by Crippen LogP contribution is -2.28.